The Morgan fingerprint density at radius 1 is 1.47 bits per heavy atom. The minimum absolute atomic E-state index is 0.759. The molecule has 84 valence electrons. The van der Waals surface area contributed by atoms with Crippen LogP contribution >= 0.6 is 0 Å². The fourth-order valence-electron chi connectivity index (χ4n) is 2.12. The molecule has 1 aliphatic heterocycles. The van der Waals surface area contributed by atoms with Gasteiger partial charge in [0.15, 0.2) is 0 Å². The van der Waals surface area contributed by atoms with Crippen LogP contribution in [0.25, 0.3) is 0 Å². The van der Waals surface area contributed by atoms with Gasteiger partial charge in [-0.25, -0.2) is 4.98 Å². The van der Waals surface area contributed by atoms with E-state index < -0.39 is 0 Å². The largest absolute Gasteiger partial charge is 0.336 e. The molecule has 0 aromatic carbocycles. The Morgan fingerprint density at radius 2 is 2.27 bits per heavy atom. The number of nitrogens with zero attached hydrogens (tertiary/aromatic N) is 3. The Kier molecular flexibility index (Phi) is 3.75. The summed E-state index contributed by atoms with van der Waals surface area (Å²) in [6, 6.07) is 0.759. The van der Waals surface area contributed by atoms with E-state index in [-0.39, 0.29) is 0 Å². The highest BCUT2D eigenvalue weighted by atomic mass is 15.2. The lowest BCUT2D eigenvalue weighted by Crippen LogP contribution is -2.42. The van der Waals surface area contributed by atoms with E-state index in [0.29, 0.717) is 0 Å². The van der Waals surface area contributed by atoms with Crippen molar-refractivity contribution in [2.45, 2.75) is 25.4 Å². The van der Waals surface area contributed by atoms with E-state index in [1.165, 1.54) is 25.9 Å². The monoisotopic (exact) mass is 208 g/mol. The second kappa shape index (κ2) is 5.28. The van der Waals surface area contributed by atoms with Gasteiger partial charge in [-0.2, -0.15) is 0 Å². The van der Waals surface area contributed by atoms with Crippen LogP contribution in [0.3, 0.4) is 0 Å². The zero-order valence-corrected chi connectivity index (χ0v) is 9.39. The smallest absolute Gasteiger partial charge is 0.0946 e. The molecule has 0 radical (unpaired) electrons. The van der Waals surface area contributed by atoms with Crippen molar-refractivity contribution in [1.82, 2.24) is 19.8 Å². The summed E-state index contributed by atoms with van der Waals surface area (Å²) in [6.07, 6.45) is 8.30. The fraction of sp³-hybridized carbons (Fsp3) is 0.727. The summed E-state index contributed by atoms with van der Waals surface area (Å²) in [5.41, 5.74) is 0. The molecule has 0 bridgehead atoms. The molecule has 0 atom stereocenters. The maximum Gasteiger partial charge on any atom is 0.0946 e. The lowest BCUT2D eigenvalue weighted by Gasteiger charge is -2.31. The summed E-state index contributed by atoms with van der Waals surface area (Å²) in [5.74, 6) is 0. The van der Waals surface area contributed by atoms with Gasteiger partial charge in [-0.15, -0.1) is 0 Å². The maximum atomic E-state index is 4.05. The Hall–Kier alpha value is -0.870. The van der Waals surface area contributed by atoms with E-state index in [4.69, 9.17) is 0 Å². The summed E-state index contributed by atoms with van der Waals surface area (Å²) in [6.45, 7) is 4.49. The standard InChI is InChI=1S/C11H20N4/c1-14(11-2-4-12-5-3-11)8-9-15-7-6-13-10-15/h6-7,10-12H,2-5,8-9H2,1H3. The summed E-state index contributed by atoms with van der Waals surface area (Å²) >= 11 is 0. The number of aromatic nitrogens is 2. The number of hydrogen-bond donors (Lipinski definition) is 1. The Bertz CT molecular complexity index is 264. The average molecular weight is 208 g/mol. The lowest BCUT2D eigenvalue weighted by molar-refractivity contribution is 0.193. The van der Waals surface area contributed by atoms with Gasteiger partial charge in [0.05, 0.1) is 6.33 Å². The van der Waals surface area contributed by atoms with Crippen LogP contribution in [0.4, 0.5) is 0 Å². The van der Waals surface area contributed by atoms with Crippen LogP contribution in [-0.2, 0) is 6.54 Å². The normalized spacial score (nSPS) is 18.5. The molecule has 2 rings (SSSR count). The first-order valence-corrected chi connectivity index (χ1v) is 5.73. The molecule has 1 saturated heterocycles. The second-order valence-corrected chi connectivity index (χ2v) is 4.26. The van der Waals surface area contributed by atoms with Gasteiger partial charge in [-0.1, -0.05) is 0 Å². The van der Waals surface area contributed by atoms with E-state index in [0.717, 1.165) is 19.1 Å². The minimum Gasteiger partial charge on any atom is -0.336 e. The molecule has 1 aromatic heterocycles. The quantitative estimate of drug-likeness (QED) is 0.785. The molecule has 1 aliphatic rings. The molecule has 1 fully saturated rings. The van der Waals surface area contributed by atoms with Crippen molar-refractivity contribution in [1.29, 1.82) is 0 Å². The SMILES string of the molecule is CN(CCn1ccnc1)C1CCNCC1. The number of likely N-dealkylation sites (N-methyl/N-ethyl adjacent to an activating group) is 1. The molecule has 4 nitrogen and oxygen atoms in total. The molecule has 0 amide bonds. The molecule has 15 heavy (non-hydrogen) atoms. The van der Waals surface area contributed by atoms with Gasteiger partial charge in [0, 0.05) is 31.5 Å². The zero-order chi connectivity index (χ0) is 10.5. The van der Waals surface area contributed by atoms with Crippen LogP contribution < -0.4 is 5.32 Å². The molecule has 1 aromatic rings. The van der Waals surface area contributed by atoms with Crippen LogP contribution in [0.1, 0.15) is 12.8 Å². The second-order valence-electron chi connectivity index (χ2n) is 4.26. The van der Waals surface area contributed by atoms with E-state index in [9.17, 15) is 0 Å². The number of imidazole rings is 1. The minimum atomic E-state index is 0.759. The van der Waals surface area contributed by atoms with Gasteiger partial charge in [0.25, 0.3) is 0 Å². The van der Waals surface area contributed by atoms with E-state index in [1.54, 1.807) is 0 Å². The number of piperidine rings is 1. The Balaban J connectivity index is 1.74. The molecule has 0 saturated carbocycles. The summed E-state index contributed by atoms with van der Waals surface area (Å²) in [5, 5.41) is 3.40. The highest BCUT2D eigenvalue weighted by Gasteiger charge is 2.16. The number of nitrogens with one attached hydrogen (secondary N) is 1. The van der Waals surface area contributed by atoms with Gasteiger partial charge < -0.3 is 14.8 Å². The van der Waals surface area contributed by atoms with Crippen LogP contribution in [0.2, 0.25) is 0 Å². The third kappa shape index (κ3) is 3.04. The van der Waals surface area contributed by atoms with Crippen molar-refractivity contribution in [3.05, 3.63) is 18.7 Å². The molecule has 0 unspecified atom stereocenters. The van der Waals surface area contributed by atoms with Gasteiger partial charge in [0.1, 0.15) is 0 Å². The van der Waals surface area contributed by atoms with Crippen molar-refractivity contribution in [3.63, 3.8) is 0 Å². The van der Waals surface area contributed by atoms with Crippen LogP contribution in [0, 0.1) is 0 Å². The van der Waals surface area contributed by atoms with E-state index in [2.05, 4.69) is 26.8 Å². The predicted molar refractivity (Wildman–Crippen MR) is 60.7 cm³/mol. The first kappa shape index (κ1) is 10.6. The van der Waals surface area contributed by atoms with Crippen LogP contribution in [0.5, 0.6) is 0 Å². The first-order valence-electron chi connectivity index (χ1n) is 5.73. The molecule has 0 spiro atoms. The average Bonchev–Trinajstić information content (AvgIpc) is 2.80. The topological polar surface area (TPSA) is 33.1 Å². The third-order valence-corrected chi connectivity index (χ3v) is 3.20. The molecule has 1 N–H and O–H groups in total. The van der Waals surface area contributed by atoms with Crippen molar-refractivity contribution < 1.29 is 0 Å². The van der Waals surface area contributed by atoms with Crippen molar-refractivity contribution in [2.75, 3.05) is 26.7 Å². The van der Waals surface area contributed by atoms with Crippen molar-refractivity contribution >= 4 is 0 Å². The van der Waals surface area contributed by atoms with Gasteiger partial charge in [0.2, 0.25) is 0 Å². The third-order valence-electron chi connectivity index (χ3n) is 3.20. The van der Waals surface area contributed by atoms with Crippen LogP contribution in [-0.4, -0.2) is 47.2 Å². The lowest BCUT2D eigenvalue weighted by atomic mass is 10.1. The van der Waals surface area contributed by atoms with Gasteiger partial charge in [-0.3, -0.25) is 0 Å². The molecule has 2 heterocycles. The number of hydrogen-bond acceptors (Lipinski definition) is 3. The Labute approximate surface area is 91.3 Å². The Morgan fingerprint density at radius 3 is 2.93 bits per heavy atom. The highest BCUT2D eigenvalue weighted by molar-refractivity contribution is 4.78. The highest BCUT2D eigenvalue weighted by Crippen LogP contribution is 2.09. The molecule has 0 aliphatic carbocycles. The first-order chi connectivity index (χ1) is 7.36. The predicted octanol–water partition coefficient (Wildman–Crippen LogP) is 0.567. The molecular weight excluding hydrogens is 188 g/mol. The molecular formula is C11H20N4. The van der Waals surface area contributed by atoms with E-state index >= 15 is 0 Å². The van der Waals surface area contributed by atoms with Crippen molar-refractivity contribution in [3.8, 4) is 0 Å². The zero-order valence-electron chi connectivity index (χ0n) is 9.39. The molecule has 4 heteroatoms. The fourth-order valence-corrected chi connectivity index (χ4v) is 2.12. The maximum absolute atomic E-state index is 4.05. The van der Waals surface area contributed by atoms with Gasteiger partial charge in [-0.05, 0) is 33.0 Å². The summed E-state index contributed by atoms with van der Waals surface area (Å²) in [7, 11) is 2.23. The van der Waals surface area contributed by atoms with E-state index in [1.807, 2.05) is 18.7 Å². The van der Waals surface area contributed by atoms with Gasteiger partial charge >= 0.3 is 0 Å². The summed E-state index contributed by atoms with van der Waals surface area (Å²) < 4.78 is 2.14. The van der Waals surface area contributed by atoms with Crippen molar-refractivity contribution in [2.24, 2.45) is 0 Å². The summed E-state index contributed by atoms with van der Waals surface area (Å²) in [4.78, 5) is 6.52. The van der Waals surface area contributed by atoms with Crippen LogP contribution in [0.15, 0.2) is 18.7 Å². The number of rotatable bonds is 4.